The highest BCUT2D eigenvalue weighted by Gasteiger charge is 2.40. The first-order valence-corrected chi connectivity index (χ1v) is 9.51. The van der Waals surface area contributed by atoms with Crippen LogP contribution < -0.4 is 28.7 Å². The van der Waals surface area contributed by atoms with Gasteiger partial charge in [-0.25, -0.2) is 0 Å². The van der Waals surface area contributed by atoms with E-state index in [1.165, 1.54) is 19.3 Å². The highest BCUT2D eigenvalue weighted by atomic mass is 127. The molecule has 0 saturated heterocycles. The van der Waals surface area contributed by atoms with E-state index in [1.807, 2.05) is 26.0 Å². The molecule has 0 aromatic heterocycles. The normalized spacial score (nSPS) is 18.5. The predicted octanol–water partition coefficient (Wildman–Crippen LogP) is 1.34. The van der Waals surface area contributed by atoms with Crippen LogP contribution in [0.25, 0.3) is 0 Å². The number of nitrogens with zero attached hydrogens (tertiary/aromatic N) is 1. The van der Waals surface area contributed by atoms with E-state index in [1.54, 1.807) is 0 Å². The second-order valence-electron chi connectivity index (χ2n) is 8.71. The van der Waals surface area contributed by atoms with Gasteiger partial charge in [-0.05, 0) is 50.3 Å². The maximum atomic E-state index is 11.7. The van der Waals surface area contributed by atoms with Crippen molar-refractivity contribution >= 4 is 0 Å². The summed E-state index contributed by atoms with van der Waals surface area (Å²) in [5.74, 6) is 1.25. The summed E-state index contributed by atoms with van der Waals surface area (Å²) in [5, 5.41) is 11.7. The van der Waals surface area contributed by atoms with Crippen LogP contribution in [0.5, 0.6) is 5.75 Å². The zero-order chi connectivity index (χ0) is 17.8. The average Bonchev–Trinajstić information content (AvgIpc) is 2.53. The maximum absolute atomic E-state index is 11.7. The van der Waals surface area contributed by atoms with Crippen LogP contribution in [0.2, 0.25) is 0 Å². The van der Waals surface area contributed by atoms with Gasteiger partial charge in [0, 0.05) is 6.42 Å². The van der Waals surface area contributed by atoms with E-state index in [9.17, 15) is 5.11 Å². The first-order valence-electron chi connectivity index (χ1n) is 9.51. The van der Waals surface area contributed by atoms with Gasteiger partial charge in [-0.1, -0.05) is 31.4 Å². The number of quaternary nitrogens is 1. The summed E-state index contributed by atoms with van der Waals surface area (Å²) in [4.78, 5) is 0. The Morgan fingerprint density at radius 1 is 1.08 bits per heavy atom. The molecule has 0 bridgehead atoms. The molecule has 1 aliphatic carbocycles. The van der Waals surface area contributed by atoms with Crippen LogP contribution in [0.3, 0.4) is 0 Å². The highest BCUT2D eigenvalue weighted by Crippen LogP contribution is 2.42. The van der Waals surface area contributed by atoms with Crippen molar-refractivity contribution < 1.29 is 38.3 Å². The van der Waals surface area contributed by atoms with Gasteiger partial charge in [-0.3, -0.25) is 0 Å². The van der Waals surface area contributed by atoms with Crippen molar-refractivity contribution in [3.63, 3.8) is 0 Å². The van der Waals surface area contributed by atoms with E-state index in [0.29, 0.717) is 5.92 Å². The summed E-state index contributed by atoms with van der Waals surface area (Å²) in [6.07, 6.45) is 7.05. The van der Waals surface area contributed by atoms with Crippen molar-refractivity contribution in [2.24, 2.45) is 5.92 Å². The van der Waals surface area contributed by atoms with E-state index >= 15 is 0 Å². The van der Waals surface area contributed by atoms with Gasteiger partial charge in [0.05, 0.1) is 39.4 Å². The molecular weight excluding hydrogens is 425 g/mol. The molecule has 1 aromatic carbocycles. The lowest BCUT2D eigenvalue weighted by Gasteiger charge is -2.40. The van der Waals surface area contributed by atoms with Gasteiger partial charge in [0.1, 0.15) is 5.75 Å². The van der Waals surface area contributed by atoms with Gasteiger partial charge >= 0.3 is 0 Å². The van der Waals surface area contributed by atoms with Crippen LogP contribution in [-0.4, -0.2) is 43.4 Å². The molecule has 0 heterocycles. The SMILES string of the molecule is CC(C)Oc1ccc(C(O)(CC[N+](C)(C)C)C2CCCCC2)cc1.[I-]. The average molecular weight is 461 g/mol. The number of aliphatic hydroxyl groups is 1. The molecule has 1 atom stereocenters. The molecule has 25 heavy (non-hydrogen) atoms. The van der Waals surface area contributed by atoms with Crippen molar-refractivity contribution in [1.82, 2.24) is 0 Å². The molecule has 4 heteroatoms. The standard InChI is InChI=1S/C21H36NO2.HI/c1-17(2)24-20-13-11-19(12-14-20)21(23,15-16-22(3,4)5)18-9-7-6-8-10-18;/h11-14,17-18,23H,6-10,15-16H2,1-5H3;1H/q+1;/p-1. The van der Waals surface area contributed by atoms with Crippen LogP contribution >= 0.6 is 0 Å². The minimum Gasteiger partial charge on any atom is -1.00 e. The van der Waals surface area contributed by atoms with Crippen LogP contribution in [-0.2, 0) is 5.60 Å². The van der Waals surface area contributed by atoms with E-state index in [0.717, 1.165) is 41.6 Å². The minimum atomic E-state index is -0.720. The molecular formula is C21H36INO2. The molecule has 1 fully saturated rings. The lowest BCUT2D eigenvalue weighted by Crippen LogP contribution is -3.00. The van der Waals surface area contributed by atoms with Crippen LogP contribution in [0, 0.1) is 5.92 Å². The topological polar surface area (TPSA) is 29.5 Å². The fraction of sp³-hybridized carbons (Fsp3) is 0.714. The number of halogens is 1. The Bertz CT molecular complexity index is 504. The Hall–Kier alpha value is -0.330. The maximum Gasteiger partial charge on any atom is 0.119 e. The van der Waals surface area contributed by atoms with Crippen LogP contribution in [0.4, 0.5) is 0 Å². The fourth-order valence-corrected chi connectivity index (χ4v) is 3.76. The summed E-state index contributed by atoms with van der Waals surface area (Å²) >= 11 is 0. The van der Waals surface area contributed by atoms with Gasteiger partial charge in [-0.15, -0.1) is 0 Å². The molecule has 144 valence electrons. The molecule has 1 N–H and O–H groups in total. The summed E-state index contributed by atoms with van der Waals surface area (Å²) in [6.45, 7) is 5.04. The molecule has 0 amide bonds. The molecule has 1 unspecified atom stereocenters. The molecule has 0 spiro atoms. The number of ether oxygens (including phenoxy) is 1. The molecule has 0 radical (unpaired) electrons. The third-order valence-electron chi connectivity index (χ3n) is 5.17. The summed E-state index contributed by atoms with van der Waals surface area (Å²) in [6, 6.07) is 8.16. The quantitative estimate of drug-likeness (QED) is 0.491. The molecule has 1 saturated carbocycles. The second kappa shape index (κ2) is 9.56. The lowest BCUT2D eigenvalue weighted by molar-refractivity contribution is -0.871. The van der Waals surface area contributed by atoms with E-state index in [-0.39, 0.29) is 30.1 Å². The number of hydrogen-bond acceptors (Lipinski definition) is 2. The molecule has 1 aromatic rings. The van der Waals surface area contributed by atoms with Crippen molar-refractivity contribution in [3.8, 4) is 5.75 Å². The Kier molecular flexibility index (Phi) is 8.69. The first kappa shape index (κ1) is 22.7. The highest BCUT2D eigenvalue weighted by molar-refractivity contribution is 5.31. The summed E-state index contributed by atoms with van der Waals surface area (Å²) in [5.41, 5.74) is 0.335. The van der Waals surface area contributed by atoms with Gasteiger partial charge in [-0.2, -0.15) is 0 Å². The van der Waals surface area contributed by atoms with Crippen molar-refractivity contribution in [3.05, 3.63) is 29.8 Å². The third-order valence-corrected chi connectivity index (χ3v) is 5.17. The predicted molar refractivity (Wildman–Crippen MR) is 100 cm³/mol. The zero-order valence-corrected chi connectivity index (χ0v) is 18.8. The summed E-state index contributed by atoms with van der Waals surface area (Å²) in [7, 11) is 6.59. The van der Waals surface area contributed by atoms with E-state index in [2.05, 4.69) is 33.3 Å². The fourth-order valence-electron chi connectivity index (χ4n) is 3.76. The van der Waals surface area contributed by atoms with Gasteiger partial charge < -0.3 is 38.3 Å². The Balaban J connectivity index is 0.00000312. The Labute approximate surface area is 171 Å². The van der Waals surface area contributed by atoms with Crippen molar-refractivity contribution in [2.75, 3.05) is 27.7 Å². The molecule has 3 nitrogen and oxygen atoms in total. The van der Waals surface area contributed by atoms with Gasteiger partial charge in [0.25, 0.3) is 0 Å². The van der Waals surface area contributed by atoms with Crippen molar-refractivity contribution in [1.29, 1.82) is 0 Å². The number of hydrogen-bond donors (Lipinski definition) is 1. The molecule has 1 aliphatic rings. The largest absolute Gasteiger partial charge is 1.00 e. The van der Waals surface area contributed by atoms with Crippen molar-refractivity contribution in [2.45, 2.75) is 64.1 Å². The monoisotopic (exact) mass is 461 g/mol. The minimum absolute atomic E-state index is 0. The van der Waals surface area contributed by atoms with Crippen LogP contribution in [0.15, 0.2) is 24.3 Å². The second-order valence-corrected chi connectivity index (χ2v) is 8.71. The van der Waals surface area contributed by atoms with Gasteiger partial charge in [0.2, 0.25) is 0 Å². The van der Waals surface area contributed by atoms with Gasteiger partial charge in [0.15, 0.2) is 0 Å². The Morgan fingerprint density at radius 3 is 2.12 bits per heavy atom. The van der Waals surface area contributed by atoms with E-state index in [4.69, 9.17) is 4.74 Å². The zero-order valence-electron chi connectivity index (χ0n) is 16.6. The smallest absolute Gasteiger partial charge is 0.119 e. The van der Waals surface area contributed by atoms with Crippen LogP contribution in [0.1, 0.15) is 57.9 Å². The molecule has 0 aliphatic heterocycles. The lowest BCUT2D eigenvalue weighted by atomic mass is 9.71. The number of benzene rings is 1. The number of rotatable bonds is 7. The Morgan fingerprint density at radius 2 is 1.64 bits per heavy atom. The first-order chi connectivity index (χ1) is 11.2. The summed E-state index contributed by atoms with van der Waals surface area (Å²) < 4.78 is 6.64. The van der Waals surface area contributed by atoms with E-state index < -0.39 is 5.60 Å². The third kappa shape index (κ3) is 6.72. The molecule has 2 rings (SSSR count).